The van der Waals surface area contributed by atoms with Crippen LogP contribution in [-0.2, 0) is 5.60 Å². The number of nitrogens with zero attached hydrogens (tertiary/aromatic N) is 2. The summed E-state index contributed by atoms with van der Waals surface area (Å²) in [5.41, 5.74) is 2.83. The fraction of sp³-hybridized carbons (Fsp3) is 0.379. The molecular weight excluding hydrogens is 476 g/mol. The molecule has 0 amide bonds. The van der Waals surface area contributed by atoms with Crippen molar-refractivity contribution in [2.24, 2.45) is 11.8 Å². The van der Waals surface area contributed by atoms with Gasteiger partial charge in [0.1, 0.15) is 11.4 Å². The van der Waals surface area contributed by atoms with Crippen molar-refractivity contribution in [2.45, 2.75) is 34.7 Å². The maximum absolute atomic E-state index is 11.9. The Labute approximate surface area is 218 Å². The van der Waals surface area contributed by atoms with Gasteiger partial charge in [-0.05, 0) is 56.1 Å². The minimum atomic E-state index is -0.773. The molecule has 2 heterocycles. The molecule has 2 bridgehead atoms. The molecule has 6 rings (SSSR count). The number of methoxy groups -OCH3 is 1. The van der Waals surface area contributed by atoms with E-state index in [-0.39, 0.29) is 24.2 Å². The number of para-hydroxylation sites is 3. The Balaban J connectivity index is 0.00000253. The Morgan fingerprint density at radius 1 is 0.857 bits per heavy atom. The molecular formula is C29H33ClN2O2S. The van der Waals surface area contributed by atoms with Gasteiger partial charge >= 0.3 is 0 Å². The van der Waals surface area contributed by atoms with Gasteiger partial charge in [-0.3, -0.25) is 0 Å². The van der Waals surface area contributed by atoms with Gasteiger partial charge in [-0.1, -0.05) is 54.2 Å². The van der Waals surface area contributed by atoms with Gasteiger partial charge in [-0.2, -0.15) is 0 Å². The molecule has 2 aliphatic heterocycles. The van der Waals surface area contributed by atoms with Gasteiger partial charge in [-0.25, -0.2) is 0 Å². The number of likely N-dealkylation sites (tertiary alicyclic amines) is 1. The summed E-state index contributed by atoms with van der Waals surface area (Å²) in [6.45, 7) is 3.96. The van der Waals surface area contributed by atoms with Crippen LogP contribution in [-0.4, -0.2) is 43.3 Å². The average Bonchev–Trinajstić information content (AvgIpc) is 3.04. The lowest BCUT2D eigenvalue weighted by Gasteiger charge is -2.45. The van der Waals surface area contributed by atoms with E-state index >= 15 is 0 Å². The number of ether oxygens (including phenoxy) is 1. The number of aliphatic hydroxyl groups is 1. The van der Waals surface area contributed by atoms with Crippen molar-refractivity contribution in [1.29, 1.82) is 0 Å². The van der Waals surface area contributed by atoms with E-state index in [1.807, 2.05) is 30.0 Å². The maximum atomic E-state index is 11.9. The van der Waals surface area contributed by atoms with Gasteiger partial charge in [0.05, 0.1) is 18.5 Å². The van der Waals surface area contributed by atoms with Crippen LogP contribution in [0.4, 0.5) is 11.4 Å². The summed E-state index contributed by atoms with van der Waals surface area (Å²) in [4.78, 5) is 7.74. The fourth-order valence-corrected chi connectivity index (χ4v) is 7.50. The standard InChI is InChI=1S/C29H32N2O2S.ClH/c1-33-26-12-5-2-9-23(26)29(32)21-15-16-22(29)20-30(19-21)17-8-18-31-24-10-3-6-13-27(24)34-28-14-7-4-11-25(28)31;/h2-7,9-14,21-22,32H,8,15-20H2,1H3;1H. The zero-order chi connectivity index (χ0) is 23.1. The Kier molecular flexibility index (Phi) is 7.04. The summed E-state index contributed by atoms with van der Waals surface area (Å²) in [5, 5.41) is 11.9. The van der Waals surface area contributed by atoms with Crippen LogP contribution in [0.5, 0.6) is 5.75 Å². The molecule has 0 spiro atoms. The van der Waals surface area contributed by atoms with Crippen molar-refractivity contribution in [1.82, 2.24) is 4.90 Å². The van der Waals surface area contributed by atoms with Crippen molar-refractivity contribution < 1.29 is 9.84 Å². The summed E-state index contributed by atoms with van der Waals surface area (Å²) in [6, 6.07) is 25.5. The molecule has 1 saturated carbocycles. The Morgan fingerprint density at radius 2 is 1.43 bits per heavy atom. The van der Waals surface area contributed by atoms with Crippen LogP contribution in [0, 0.1) is 11.8 Å². The van der Waals surface area contributed by atoms with E-state index in [0.717, 1.165) is 56.8 Å². The highest BCUT2D eigenvalue weighted by Crippen LogP contribution is 2.53. The second-order valence-corrected chi connectivity index (χ2v) is 10.9. The van der Waals surface area contributed by atoms with Gasteiger partial charge in [-0.15, -0.1) is 12.4 Å². The first kappa shape index (κ1) is 24.5. The van der Waals surface area contributed by atoms with E-state index in [0.29, 0.717) is 0 Å². The lowest BCUT2D eigenvalue weighted by atomic mass is 9.75. The predicted octanol–water partition coefficient (Wildman–Crippen LogP) is 6.34. The minimum absolute atomic E-state index is 0. The predicted molar refractivity (Wildman–Crippen MR) is 145 cm³/mol. The van der Waals surface area contributed by atoms with Crippen molar-refractivity contribution in [3.8, 4) is 5.75 Å². The van der Waals surface area contributed by atoms with Gasteiger partial charge < -0.3 is 19.6 Å². The lowest BCUT2D eigenvalue weighted by Crippen LogP contribution is -2.52. The molecule has 0 aromatic heterocycles. The zero-order valence-electron chi connectivity index (χ0n) is 20.1. The van der Waals surface area contributed by atoms with E-state index < -0.39 is 5.60 Å². The molecule has 2 fully saturated rings. The number of rotatable bonds is 6. The van der Waals surface area contributed by atoms with Crippen LogP contribution in [0.15, 0.2) is 82.6 Å². The highest BCUT2D eigenvalue weighted by Gasteiger charge is 2.54. The molecule has 35 heavy (non-hydrogen) atoms. The molecule has 0 radical (unpaired) electrons. The Hall–Kier alpha value is -2.18. The van der Waals surface area contributed by atoms with Crippen LogP contribution in [0.1, 0.15) is 24.8 Å². The number of benzene rings is 3. The summed E-state index contributed by atoms with van der Waals surface area (Å²) < 4.78 is 5.62. The zero-order valence-corrected chi connectivity index (χ0v) is 21.7. The normalized spacial score (nSPS) is 24.9. The minimum Gasteiger partial charge on any atom is -0.496 e. The van der Waals surface area contributed by atoms with Crippen LogP contribution in [0.2, 0.25) is 0 Å². The number of piperidine rings is 1. The Bertz CT molecular complexity index is 1130. The third-order valence-corrected chi connectivity index (χ3v) is 9.12. The van der Waals surface area contributed by atoms with Gasteiger partial charge in [0.25, 0.3) is 0 Å². The Morgan fingerprint density at radius 3 is 2.06 bits per heavy atom. The number of fused-ring (bicyclic) bond motifs is 4. The average molecular weight is 509 g/mol. The highest BCUT2D eigenvalue weighted by atomic mass is 35.5. The highest BCUT2D eigenvalue weighted by molar-refractivity contribution is 7.99. The molecule has 3 aromatic carbocycles. The SMILES string of the molecule is COc1ccccc1C1(O)C2CCC1CN(CCCN1c3ccccc3Sc3ccccc31)C2.Cl. The first-order valence-electron chi connectivity index (χ1n) is 12.4. The van der Waals surface area contributed by atoms with Crippen LogP contribution >= 0.6 is 24.2 Å². The molecule has 1 aliphatic carbocycles. The second kappa shape index (κ2) is 10.1. The van der Waals surface area contributed by atoms with Crippen molar-refractivity contribution in [2.75, 3.05) is 38.2 Å². The largest absolute Gasteiger partial charge is 0.496 e. The molecule has 4 nitrogen and oxygen atoms in total. The lowest BCUT2D eigenvalue weighted by molar-refractivity contribution is -0.0908. The summed E-state index contributed by atoms with van der Waals surface area (Å²) >= 11 is 1.87. The first-order valence-corrected chi connectivity index (χ1v) is 13.2. The van der Waals surface area contributed by atoms with Crippen molar-refractivity contribution in [3.63, 3.8) is 0 Å². The smallest absolute Gasteiger partial charge is 0.124 e. The van der Waals surface area contributed by atoms with E-state index in [1.165, 1.54) is 21.2 Å². The fourth-order valence-electron chi connectivity index (χ4n) is 6.41. The van der Waals surface area contributed by atoms with Crippen LogP contribution in [0.3, 0.4) is 0 Å². The molecule has 1 saturated heterocycles. The third-order valence-electron chi connectivity index (χ3n) is 7.99. The topological polar surface area (TPSA) is 35.9 Å². The summed E-state index contributed by atoms with van der Waals surface area (Å²) in [6.07, 6.45) is 3.26. The van der Waals surface area contributed by atoms with Gasteiger partial charge in [0.2, 0.25) is 0 Å². The molecule has 1 N–H and O–H groups in total. The van der Waals surface area contributed by atoms with Crippen LogP contribution < -0.4 is 9.64 Å². The monoisotopic (exact) mass is 508 g/mol. The molecule has 3 aromatic rings. The molecule has 2 unspecified atom stereocenters. The number of halogens is 1. The van der Waals surface area contributed by atoms with E-state index in [4.69, 9.17) is 4.74 Å². The molecule has 2 atom stereocenters. The number of hydrogen-bond acceptors (Lipinski definition) is 5. The van der Waals surface area contributed by atoms with E-state index in [1.54, 1.807) is 7.11 Å². The van der Waals surface area contributed by atoms with E-state index in [9.17, 15) is 5.11 Å². The molecule has 3 aliphatic rings. The molecule has 184 valence electrons. The van der Waals surface area contributed by atoms with Crippen molar-refractivity contribution in [3.05, 3.63) is 78.4 Å². The van der Waals surface area contributed by atoms with Gasteiger partial charge in [0, 0.05) is 46.8 Å². The summed E-state index contributed by atoms with van der Waals surface area (Å²) in [7, 11) is 1.70. The number of anilines is 2. The van der Waals surface area contributed by atoms with Crippen LogP contribution in [0.25, 0.3) is 0 Å². The number of hydrogen-bond donors (Lipinski definition) is 1. The van der Waals surface area contributed by atoms with E-state index in [2.05, 4.69) is 64.4 Å². The first-order chi connectivity index (χ1) is 16.7. The summed E-state index contributed by atoms with van der Waals surface area (Å²) in [5.74, 6) is 1.33. The third kappa shape index (κ3) is 4.23. The maximum Gasteiger partial charge on any atom is 0.124 e. The quantitative estimate of drug-likeness (QED) is 0.420. The second-order valence-electron chi connectivity index (χ2n) is 9.80. The molecule has 6 heteroatoms. The van der Waals surface area contributed by atoms with Crippen molar-refractivity contribution >= 4 is 35.5 Å². The van der Waals surface area contributed by atoms with Gasteiger partial charge in [0.15, 0.2) is 0 Å².